The van der Waals surface area contributed by atoms with Crippen molar-refractivity contribution in [1.29, 1.82) is 0 Å². The summed E-state index contributed by atoms with van der Waals surface area (Å²) in [6.07, 6.45) is 0.277. The second kappa shape index (κ2) is 4.99. The molecule has 0 unspecified atom stereocenters. The molecule has 1 saturated heterocycles. The molecule has 1 aliphatic heterocycles. The van der Waals surface area contributed by atoms with Crippen molar-refractivity contribution in [2.24, 2.45) is 12.8 Å². The van der Waals surface area contributed by atoms with Crippen molar-refractivity contribution < 1.29 is 14.1 Å². The molecule has 1 aromatic heterocycles. The van der Waals surface area contributed by atoms with Gasteiger partial charge in [0.05, 0.1) is 11.5 Å². The Morgan fingerprint density at radius 2 is 2.39 bits per heavy atom. The second-order valence-corrected chi connectivity index (χ2v) is 4.37. The first-order valence-corrected chi connectivity index (χ1v) is 5.68. The number of aryl methyl sites for hydroxylation is 1. The lowest BCUT2D eigenvalue weighted by Gasteiger charge is -2.14. The van der Waals surface area contributed by atoms with Crippen LogP contribution in [0.1, 0.15) is 24.6 Å². The van der Waals surface area contributed by atoms with E-state index in [2.05, 4.69) is 5.10 Å². The number of hydrogen-bond donors (Lipinski definition) is 1. The zero-order chi connectivity index (χ0) is 13.3. The Balaban J connectivity index is 2.26. The molecule has 2 heterocycles. The summed E-state index contributed by atoms with van der Waals surface area (Å²) in [5.74, 6) is 0. The molecule has 1 aromatic rings. The zero-order valence-electron chi connectivity index (χ0n) is 9.95. The predicted molar refractivity (Wildman–Crippen MR) is 60.7 cm³/mol. The van der Waals surface area contributed by atoms with Gasteiger partial charge in [-0.15, -0.1) is 0 Å². The van der Waals surface area contributed by atoms with Crippen molar-refractivity contribution in [3.8, 4) is 0 Å². The third kappa shape index (κ3) is 2.34. The monoisotopic (exact) mass is 258 g/mol. The number of ether oxygens (including phenoxy) is 1. The quantitative estimate of drug-likeness (QED) is 0.626. The second-order valence-electron chi connectivity index (χ2n) is 4.37. The van der Waals surface area contributed by atoms with E-state index in [4.69, 9.17) is 10.5 Å². The molecule has 2 rings (SSSR count). The maximum absolute atomic E-state index is 13.4. The zero-order valence-corrected chi connectivity index (χ0v) is 9.95. The van der Waals surface area contributed by atoms with Crippen molar-refractivity contribution in [2.45, 2.75) is 31.2 Å². The Bertz CT molecular complexity index is 438. The number of rotatable bonds is 2. The van der Waals surface area contributed by atoms with Crippen LogP contribution in [0.2, 0.25) is 0 Å². The summed E-state index contributed by atoms with van der Waals surface area (Å²) in [5, 5.41) is 14.7. The minimum atomic E-state index is -1.23. The van der Waals surface area contributed by atoms with Gasteiger partial charge in [-0.3, -0.25) is 14.8 Å². The number of nitrogens with zero attached hydrogens (tertiary/aromatic N) is 3. The van der Waals surface area contributed by atoms with Crippen molar-refractivity contribution >= 4 is 5.69 Å². The summed E-state index contributed by atoms with van der Waals surface area (Å²) in [5.41, 5.74) is 5.88. The van der Waals surface area contributed by atoms with Crippen LogP contribution in [0.15, 0.2) is 6.20 Å². The van der Waals surface area contributed by atoms with E-state index in [1.807, 2.05) is 0 Å². The van der Waals surface area contributed by atoms with Crippen LogP contribution >= 0.6 is 0 Å². The molecule has 8 heteroatoms. The van der Waals surface area contributed by atoms with Crippen molar-refractivity contribution in [2.75, 3.05) is 6.61 Å². The van der Waals surface area contributed by atoms with E-state index in [0.29, 0.717) is 18.5 Å². The maximum atomic E-state index is 13.4. The van der Waals surface area contributed by atoms with Crippen LogP contribution in [0, 0.1) is 10.1 Å². The highest BCUT2D eigenvalue weighted by atomic mass is 19.1. The molecule has 1 aliphatic rings. The van der Waals surface area contributed by atoms with Crippen LogP contribution in [0.3, 0.4) is 0 Å². The first kappa shape index (κ1) is 12.9. The summed E-state index contributed by atoms with van der Waals surface area (Å²) < 4.78 is 20.2. The molecule has 2 N–H and O–H groups in total. The van der Waals surface area contributed by atoms with Gasteiger partial charge in [0.1, 0.15) is 24.2 Å². The number of halogens is 1. The fourth-order valence-corrected chi connectivity index (χ4v) is 2.10. The smallest absolute Gasteiger partial charge is 0.312 e. The highest BCUT2D eigenvalue weighted by molar-refractivity contribution is 5.34. The average molecular weight is 258 g/mol. The Labute approximate surface area is 103 Å². The largest absolute Gasteiger partial charge is 0.369 e. The van der Waals surface area contributed by atoms with Gasteiger partial charge in [-0.05, 0) is 12.8 Å². The third-order valence-electron chi connectivity index (χ3n) is 3.15. The van der Waals surface area contributed by atoms with Gasteiger partial charge in [0.25, 0.3) is 0 Å². The fraction of sp³-hybridized carbons (Fsp3) is 0.700. The van der Waals surface area contributed by atoms with E-state index >= 15 is 0 Å². The van der Waals surface area contributed by atoms with Crippen molar-refractivity contribution in [1.82, 2.24) is 9.78 Å². The highest BCUT2D eigenvalue weighted by Gasteiger charge is 2.32. The Kier molecular flexibility index (Phi) is 3.58. The Morgan fingerprint density at radius 3 is 3.06 bits per heavy atom. The lowest BCUT2D eigenvalue weighted by molar-refractivity contribution is -0.386. The van der Waals surface area contributed by atoms with Gasteiger partial charge in [0.15, 0.2) is 0 Å². The van der Waals surface area contributed by atoms with Crippen LogP contribution in [0.5, 0.6) is 0 Å². The predicted octanol–water partition coefficient (Wildman–Crippen LogP) is 0.845. The highest BCUT2D eigenvalue weighted by Crippen LogP contribution is 2.33. The summed E-state index contributed by atoms with van der Waals surface area (Å²) in [6.45, 7) is -0.145. The normalized spacial score (nSPS) is 28.9. The molecule has 0 amide bonds. The molecule has 0 spiro atoms. The van der Waals surface area contributed by atoms with Gasteiger partial charge in [0.2, 0.25) is 0 Å². The molecule has 18 heavy (non-hydrogen) atoms. The molecular weight excluding hydrogens is 243 g/mol. The summed E-state index contributed by atoms with van der Waals surface area (Å²) >= 11 is 0. The van der Waals surface area contributed by atoms with E-state index < -0.39 is 23.2 Å². The van der Waals surface area contributed by atoms with Gasteiger partial charge in [-0.2, -0.15) is 5.10 Å². The summed E-state index contributed by atoms with van der Waals surface area (Å²) in [6, 6.07) is -0.581. The van der Waals surface area contributed by atoms with Gasteiger partial charge in [-0.1, -0.05) is 0 Å². The van der Waals surface area contributed by atoms with Crippen LogP contribution in [0.25, 0.3) is 0 Å². The molecule has 0 bridgehead atoms. The molecule has 0 aromatic carbocycles. The fourth-order valence-electron chi connectivity index (χ4n) is 2.10. The first-order valence-electron chi connectivity index (χ1n) is 5.68. The number of nitro groups is 1. The third-order valence-corrected chi connectivity index (χ3v) is 3.15. The number of alkyl halides is 1. The molecule has 100 valence electrons. The molecule has 0 saturated carbocycles. The van der Waals surface area contributed by atoms with Crippen molar-refractivity contribution in [3.05, 3.63) is 22.0 Å². The Hall–Kier alpha value is -1.54. The van der Waals surface area contributed by atoms with Crippen molar-refractivity contribution in [3.63, 3.8) is 0 Å². The molecule has 7 nitrogen and oxygen atoms in total. The van der Waals surface area contributed by atoms with E-state index in [0.717, 1.165) is 0 Å². The minimum Gasteiger partial charge on any atom is -0.369 e. The molecular formula is C10H15FN4O3. The number of hydrogen-bond acceptors (Lipinski definition) is 5. The van der Waals surface area contributed by atoms with Crippen LogP contribution in [-0.2, 0) is 11.8 Å². The summed E-state index contributed by atoms with van der Waals surface area (Å²) in [4.78, 5) is 10.4. The molecule has 1 fully saturated rings. The van der Waals surface area contributed by atoms with E-state index in [1.165, 1.54) is 10.9 Å². The first-order chi connectivity index (χ1) is 8.50. The average Bonchev–Trinajstić information content (AvgIpc) is 2.63. The van der Waals surface area contributed by atoms with Gasteiger partial charge in [0, 0.05) is 13.1 Å². The molecule has 3 atom stereocenters. The topological polar surface area (TPSA) is 96.2 Å². The maximum Gasteiger partial charge on any atom is 0.312 e. The van der Waals surface area contributed by atoms with Gasteiger partial charge < -0.3 is 10.5 Å². The van der Waals surface area contributed by atoms with Crippen LogP contribution < -0.4 is 5.73 Å². The number of nitrogens with two attached hydrogens (primary N) is 1. The SMILES string of the molecule is Cn1ncc([N+](=O)[O-])c1[C@@H]1CC[C@@H](N)[C@H](F)CO1. The Morgan fingerprint density at radius 1 is 1.67 bits per heavy atom. The number of aromatic nitrogens is 2. The van der Waals surface area contributed by atoms with E-state index in [-0.39, 0.29) is 12.3 Å². The van der Waals surface area contributed by atoms with Crippen LogP contribution in [0.4, 0.5) is 10.1 Å². The lowest BCUT2D eigenvalue weighted by atomic mass is 10.0. The molecule has 0 radical (unpaired) electrons. The van der Waals surface area contributed by atoms with Crippen LogP contribution in [-0.4, -0.2) is 33.5 Å². The van der Waals surface area contributed by atoms with Gasteiger partial charge in [-0.25, -0.2) is 4.39 Å². The lowest BCUT2D eigenvalue weighted by Crippen LogP contribution is -2.32. The summed E-state index contributed by atoms with van der Waals surface area (Å²) in [7, 11) is 1.60. The van der Waals surface area contributed by atoms with E-state index in [1.54, 1.807) is 7.05 Å². The molecule has 0 aliphatic carbocycles. The standard InChI is InChI=1S/C10H15FN4O3/c1-14-10(8(4-13-14)15(16)17)9-3-2-7(12)6(11)5-18-9/h4,6-7,9H,2-3,5,12H2,1H3/t6-,7-,9+/m1/s1. The van der Waals surface area contributed by atoms with E-state index in [9.17, 15) is 14.5 Å². The van der Waals surface area contributed by atoms with Gasteiger partial charge >= 0.3 is 5.69 Å². The minimum absolute atomic E-state index is 0.103.